The molecule has 1 aliphatic rings. The molecule has 0 spiro atoms. The molecule has 2 aromatic carbocycles. The second-order valence-corrected chi connectivity index (χ2v) is 5.90. The number of carbonyl (C=O) groups is 2. The number of ether oxygens (including phenoxy) is 1. The Balaban J connectivity index is 1.64. The lowest BCUT2D eigenvalue weighted by atomic mass is 10.1. The van der Waals surface area contributed by atoms with E-state index in [9.17, 15) is 9.59 Å². The van der Waals surface area contributed by atoms with Crippen molar-refractivity contribution >= 4 is 23.2 Å². The van der Waals surface area contributed by atoms with Crippen LogP contribution in [-0.2, 0) is 9.59 Å². The lowest BCUT2D eigenvalue weighted by Gasteiger charge is -2.29. The summed E-state index contributed by atoms with van der Waals surface area (Å²) in [6.07, 6.45) is 0.229. The van der Waals surface area contributed by atoms with Crippen LogP contribution in [0.1, 0.15) is 17.5 Å². The van der Waals surface area contributed by atoms with Gasteiger partial charge in [0.25, 0.3) is 5.91 Å². The molecule has 1 N–H and O–H groups in total. The van der Waals surface area contributed by atoms with E-state index in [4.69, 9.17) is 4.74 Å². The van der Waals surface area contributed by atoms with Gasteiger partial charge in [0.2, 0.25) is 5.91 Å². The van der Waals surface area contributed by atoms with Gasteiger partial charge in [0.1, 0.15) is 5.75 Å². The molecule has 0 radical (unpaired) electrons. The van der Waals surface area contributed by atoms with Crippen molar-refractivity contribution in [2.45, 2.75) is 20.3 Å². The van der Waals surface area contributed by atoms with E-state index in [0.717, 1.165) is 11.3 Å². The number of para-hydroxylation sites is 2. The minimum atomic E-state index is -0.132. The van der Waals surface area contributed by atoms with Gasteiger partial charge in [-0.25, -0.2) is 0 Å². The summed E-state index contributed by atoms with van der Waals surface area (Å²) in [6, 6.07) is 13.2. The fourth-order valence-electron chi connectivity index (χ4n) is 2.66. The molecule has 0 aliphatic carbocycles. The molecule has 0 bridgehead atoms. The van der Waals surface area contributed by atoms with Crippen molar-refractivity contribution in [2.75, 3.05) is 23.4 Å². The van der Waals surface area contributed by atoms with Gasteiger partial charge in [-0.15, -0.1) is 0 Å². The van der Waals surface area contributed by atoms with Crippen molar-refractivity contribution in [3.63, 3.8) is 0 Å². The largest absolute Gasteiger partial charge is 0.482 e. The topological polar surface area (TPSA) is 58.6 Å². The van der Waals surface area contributed by atoms with Gasteiger partial charge in [-0.3, -0.25) is 9.59 Å². The van der Waals surface area contributed by atoms with Gasteiger partial charge >= 0.3 is 0 Å². The number of rotatable bonds is 4. The van der Waals surface area contributed by atoms with Crippen LogP contribution in [0.15, 0.2) is 42.5 Å². The van der Waals surface area contributed by atoms with Crippen LogP contribution < -0.4 is 15.0 Å². The number of carbonyl (C=O) groups excluding carboxylic acids is 2. The fraction of sp³-hybridized carbons (Fsp3) is 0.263. The Morgan fingerprint density at radius 1 is 1.17 bits per heavy atom. The molecular formula is C19H20N2O3. The van der Waals surface area contributed by atoms with Crippen molar-refractivity contribution in [3.8, 4) is 5.75 Å². The molecule has 24 heavy (non-hydrogen) atoms. The van der Waals surface area contributed by atoms with E-state index < -0.39 is 0 Å². The highest BCUT2D eigenvalue weighted by Gasteiger charge is 2.25. The average Bonchev–Trinajstić information content (AvgIpc) is 2.57. The average molecular weight is 324 g/mol. The predicted molar refractivity (Wildman–Crippen MR) is 93.5 cm³/mol. The first-order valence-corrected chi connectivity index (χ1v) is 7.94. The summed E-state index contributed by atoms with van der Waals surface area (Å²) < 4.78 is 5.40. The zero-order valence-corrected chi connectivity index (χ0v) is 13.8. The Morgan fingerprint density at radius 3 is 2.75 bits per heavy atom. The van der Waals surface area contributed by atoms with Gasteiger partial charge in [0.05, 0.1) is 5.69 Å². The van der Waals surface area contributed by atoms with Crippen molar-refractivity contribution in [3.05, 3.63) is 53.6 Å². The lowest BCUT2D eigenvalue weighted by molar-refractivity contribution is -0.121. The summed E-state index contributed by atoms with van der Waals surface area (Å²) >= 11 is 0. The van der Waals surface area contributed by atoms with Crippen LogP contribution in [0.2, 0.25) is 0 Å². The normalized spacial score (nSPS) is 13.2. The van der Waals surface area contributed by atoms with Crippen LogP contribution >= 0.6 is 0 Å². The highest BCUT2D eigenvalue weighted by molar-refractivity contribution is 5.99. The predicted octanol–water partition coefficient (Wildman–Crippen LogP) is 3.06. The van der Waals surface area contributed by atoms with Gasteiger partial charge in [0, 0.05) is 18.7 Å². The number of nitrogens with zero attached hydrogens (tertiary/aromatic N) is 1. The van der Waals surface area contributed by atoms with E-state index in [2.05, 4.69) is 5.32 Å². The first-order chi connectivity index (χ1) is 11.5. The second kappa shape index (κ2) is 6.74. The quantitative estimate of drug-likeness (QED) is 0.940. The van der Waals surface area contributed by atoms with Crippen LogP contribution in [0.4, 0.5) is 11.4 Å². The number of fused-ring (bicyclic) bond motifs is 1. The third-order valence-electron chi connectivity index (χ3n) is 4.16. The van der Waals surface area contributed by atoms with Crippen molar-refractivity contribution in [1.82, 2.24) is 0 Å². The van der Waals surface area contributed by atoms with E-state index >= 15 is 0 Å². The molecule has 0 atom stereocenters. The van der Waals surface area contributed by atoms with Gasteiger partial charge in [-0.05, 0) is 49.2 Å². The Morgan fingerprint density at radius 2 is 1.96 bits per heavy atom. The Hall–Kier alpha value is -2.82. The minimum Gasteiger partial charge on any atom is -0.482 e. The third-order valence-corrected chi connectivity index (χ3v) is 4.16. The van der Waals surface area contributed by atoms with E-state index in [1.54, 1.807) is 4.90 Å². The Kier molecular flexibility index (Phi) is 4.51. The van der Waals surface area contributed by atoms with Crippen molar-refractivity contribution in [1.29, 1.82) is 0 Å². The van der Waals surface area contributed by atoms with Crippen LogP contribution in [0.3, 0.4) is 0 Å². The number of hydrogen-bond acceptors (Lipinski definition) is 3. The minimum absolute atomic E-state index is 0.00971. The molecule has 0 fully saturated rings. The number of anilines is 2. The zero-order chi connectivity index (χ0) is 17.1. The first kappa shape index (κ1) is 16.1. The molecule has 0 saturated heterocycles. The maximum atomic E-state index is 12.2. The van der Waals surface area contributed by atoms with Crippen molar-refractivity contribution < 1.29 is 14.3 Å². The number of hydrogen-bond donors (Lipinski definition) is 1. The van der Waals surface area contributed by atoms with Crippen LogP contribution in [-0.4, -0.2) is 25.0 Å². The summed E-state index contributed by atoms with van der Waals surface area (Å²) in [5.74, 6) is 0.425. The summed E-state index contributed by atoms with van der Waals surface area (Å²) in [5.41, 5.74) is 3.80. The monoisotopic (exact) mass is 324 g/mol. The second-order valence-electron chi connectivity index (χ2n) is 5.90. The van der Waals surface area contributed by atoms with Gasteiger partial charge < -0.3 is 15.0 Å². The third kappa shape index (κ3) is 3.40. The molecule has 124 valence electrons. The van der Waals surface area contributed by atoms with E-state index in [1.165, 1.54) is 5.56 Å². The Labute approximate surface area is 141 Å². The van der Waals surface area contributed by atoms with Gasteiger partial charge in [-0.1, -0.05) is 18.2 Å². The van der Waals surface area contributed by atoms with Crippen molar-refractivity contribution in [2.24, 2.45) is 0 Å². The SMILES string of the molecule is Cc1ccc(NC(=O)CCN2C(=O)COc3ccccc32)cc1C. The summed E-state index contributed by atoms with van der Waals surface area (Å²) in [7, 11) is 0. The summed E-state index contributed by atoms with van der Waals surface area (Å²) in [6.45, 7) is 4.38. The molecule has 5 nitrogen and oxygen atoms in total. The first-order valence-electron chi connectivity index (χ1n) is 7.94. The standard InChI is InChI=1S/C19H20N2O3/c1-13-7-8-15(11-14(13)2)20-18(22)9-10-21-16-5-3-4-6-17(16)24-12-19(21)23/h3-8,11H,9-10,12H2,1-2H3,(H,20,22). The molecular weight excluding hydrogens is 304 g/mol. The molecule has 1 aliphatic heterocycles. The molecule has 0 saturated carbocycles. The van der Waals surface area contributed by atoms with Gasteiger partial charge in [0.15, 0.2) is 6.61 Å². The van der Waals surface area contributed by atoms with Gasteiger partial charge in [-0.2, -0.15) is 0 Å². The van der Waals surface area contributed by atoms with Crippen LogP contribution in [0.5, 0.6) is 5.75 Å². The van der Waals surface area contributed by atoms with E-state index in [0.29, 0.717) is 18.0 Å². The van der Waals surface area contributed by atoms with Crippen LogP contribution in [0, 0.1) is 13.8 Å². The number of amides is 2. The molecule has 1 heterocycles. The number of aryl methyl sites for hydroxylation is 2. The molecule has 0 unspecified atom stereocenters. The molecule has 2 aromatic rings. The van der Waals surface area contributed by atoms with Crippen LogP contribution in [0.25, 0.3) is 0 Å². The fourth-order valence-corrected chi connectivity index (χ4v) is 2.66. The van der Waals surface area contributed by atoms with E-state index in [1.807, 2.05) is 56.3 Å². The molecule has 5 heteroatoms. The zero-order valence-electron chi connectivity index (χ0n) is 13.8. The molecule has 3 rings (SSSR count). The highest BCUT2D eigenvalue weighted by Crippen LogP contribution is 2.31. The molecule has 2 amide bonds. The highest BCUT2D eigenvalue weighted by atomic mass is 16.5. The summed E-state index contributed by atoms with van der Waals surface area (Å²) in [4.78, 5) is 25.9. The maximum Gasteiger partial charge on any atom is 0.265 e. The lowest BCUT2D eigenvalue weighted by Crippen LogP contribution is -2.40. The summed E-state index contributed by atoms with van der Waals surface area (Å²) in [5, 5.41) is 2.88. The Bertz CT molecular complexity index is 786. The number of nitrogens with one attached hydrogen (secondary N) is 1. The van der Waals surface area contributed by atoms with E-state index in [-0.39, 0.29) is 24.8 Å². The molecule has 0 aromatic heterocycles. The number of benzene rings is 2. The maximum absolute atomic E-state index is 12.2. The smallest absolute Gasteiger partial charge is 0.265 e.